The molecule has 5 aromatic rings. The number of phenolic OH excluding ortho intramolecular Hbond substituents is 2. The van der Waals surface area contributed by atoms with Crippen molar-refractivity contribution < 1.29 is 146 Å². The molecule has 8 rings (SSSR count). The van der Waals surface area contributed by atoms with Crippen LogP contribution in [0.1, 0.15) is 127 Å². The predicted molar refractivity (Wildman–Crippen MR) is 467 cm³/mol. The number of pyridine rings is 3. The van der Waals surface area contributed by atoms with Crippen LogP contribution >= 0.6 is 0 Å². The topological polar surface area (TPSA) is 761 Å². The van der Waals surface area contributed by atoms with E-state index >= 15 is 4.39 Å². The van der Waals surface area contributed by atoms with Crippen molar-refractivity contribution >= 4 is 158 Å². The number of amides is 15. The van der Waals surface area contributed by atoms with Crippen LogP contribution in [0.3, 0.4) is 0 Å². The Morgan fingerprint density at radius 3 is 1.96 bits per heavy atom. The summed E-state index contributed by atoms with van der Waals surface area (Å²) in [5.74, 6) is -16.9. The summed E-state index contributed by atoms with van der Waals surface area (Å²) in [5, 5.41) is 137. The Morgan fingerprint density at radius 1 is 0.696 bits per heavy atom. The molecule has 3 aromatic heterocycles. The Labute approximate surface area is 767 Å². The maximum absolute atomic E-state index is 15.5. The molecule has 0 radical (unpaired) electrons. The lowest BCUT2D eigenvalue weighted by Gasteiger charge is -2.35. The Balaban J connectivity index is 0.850. The molecule has 2 saturated heterocycles. The molecular weight excluding hydrogens is 1790 g/mol. The Morgan fingerprint density at radius 2 is 1.31 bits per heavy atom. The molecule has 26 N–H and O–H groups in total. The van der Waals surface area contributed by atoms with Crippen LogP contribution < -0.4 is 95.1 Å². The summed E-state index contributed by atoms with van der Waals surface area (Å²) in [4.78, 5) is 248. The summed E-state index contributed by atoms with van der Waals surface area (Å²) < 4.78 is 28.3. The molecule has 6 heterocycles. The molecule has 0 aliphatic carbocycles. The van der Waals surface area contributed by atoms with Crippen LogP contribution in [0, 0.1) is 11.2 Å². The van der Waals surface area contributed by atoms with Crippen molar-refractivity contribution in [3.63, 3.8) is 0 Å². The van der Waals surface area contributed by atoms with E-state index in [0.29, 0.717) is 5.52 Å². The predicted octanol–water partition coefficient (Wildman–Crippen LogP) is -6.84. The first-order chi connectivity index (χ1) is 64.1. The fourth-order valence-corrected chi connectivity index (χ4v) is 14.8. The van der Waals surface area contributed by atoms with E-state index in [4.69, 9.17) is 20.6 Å². The van der Waals surface area contributed by atoms with Gasteiger partial charge >= 0.3 is 18.0 Å². The van der Waals surface area contributed by atoms with Gasteiger partial charge in [0.1, 0.15) is 76.1 Å². The smallest absolute Gasteiger partial charge is 0.412 e. The number of benzene rings is 2. The number of aromatic hydroxyl groups is 2. The van der Waals surface area contributed by atoms with Gasteiger partial charge in [-0.15, -0.1) is 0 Å². The molecule has 2 aromatic carbocycles. The molecule has 0 bridgehead atoms. The molecule has 15 amide bonds. The normalized spacial score (nSPS) is 18.1. The molecule has 53 heteroatoms. The van der Waals surface area contributed by atoms with Gasteiger partial charge in [-0.25, -0.2) is 33.7 Å². The third kappa shape index (κ3) is 29.7. The lowest BCUT2D eigenvalue weighted by Crippen LogP contribution is -2.65. The van der Waals surface area contributed by atoms with Crippen LogP contribution in [0.4, 0.5) is 26.4 Å². The Hall–Kier alpha value is -14.6. The molecule has 2 unspecified atom stereocenters. The number of hydrogen-bond donors (Lipinski definition) is 25. The zero-order valence-electron chi connectivity index (χ0n) is 74.0. The highest BCUT2D eigenvalue weighted by molar-refractivity contribution is 6.02. The van der Waals surface area contributed by atoms with Crippen molar-refractivity contribution in [1.82, 2.24) is 88.4 Å². The van der Waals surface area contributed by atoms with Gasteiger partial charge in [-0.3, -0.25) is 97.9 Å². The number of phenols is 2. The number of hydrogen-bond acceptors (Lipinski definition) is 32. The summed E-state index contributed by atoms with van der Waals surface area (Å²) in [6, 6.07) is -6.24. The highest BCUT2D eigenvalue weighted by atomic mass is 19.1. The molecular formula is C82H113FN23O29+. The number of aryl methyl sites for hydroxylation is 1. The van der Waals surface area contributed by atoms with E-state index in [0.717, 1.165) is 32.2 Å². The molecule has 0 spiro atoms. The second-order valence-corrected chi connectivity index (χ2v) is 32.3. The van der Waals surface area contributed by atoms with Crippen molar-refractivity contribution in [2.45, 2.75) is 177 Å². The first-order valence-electron chi connectivity index (χ1n) is 43.0. The third-order valence-electron chi connectivity index (χ3n) is 22.1. The largest absolute Gasteiger partial charge is 0.504 e. The maximum atomic E-state index is 15.5. The first kappa shape index (κ1) is 106. The van der Waals surface area contributed by atoms with Crippen LogP contribution in [-0.4, -0.2) is 330 Å². The highest BCUT2D eigenvalue weighted by Gasteiger charge is 2.43. The van der Waals surface area contributed by atoms with E-state index in [9.17, 15) is 132 Å². The number of carbonyl (C=O) groups excluding carboxylic acids is 16. The van der Waals surface area contributed by atoms with Crippen LogP contribution in [-0.2, 0) is 88.4 Å². The number of aromatic nitrogens is 3. The van der Waals surface area contributed by atoms with Gasteiger partial charge in [-0.2, -0.15) is 0 Å². The van der Waals surface area contributed by atoms with Crippen LogP contribution in [0.2, 0.25) is 0 Å². The monoisotopic (exact) mass is 1900 g/mol. The summed E-state index contributed by atoms with van der Waals surface area (Å²) >= 11 is 0. The number of piperazine rings is 1. The number of hydroxylamine groups is 4. The number of aliphatic hydroxyl groups excluding tert-OH is 4. The molecule has 3 aliphatic heterocycles. The number of fused-ring (bicyclic) bond motifs is 5. The van der Waals surface area contributed by atoms with E-state index in [1.807, 2.05) is 0 Å². The van der Waals surface area contributed by atoms with Crippen molar-refractivity contribution in [3.05, 3.63) is 64.2 Å². The minimum Gasteiger partial charge on any atom is -0.504 e. The van der Waals surface area contributed by atoms with Gasteiger partial charge in [0.25, 0.3) is 11.7 Å². The van der Waals surface area contributed by atoms with Crippen molar-refractivity contribution in [1.29, 1.82) is 5.41 Å². The Kier molecular flexibility index (Phi) is 39.0. The zero-order chi connectivity index (χ0) is 99.2. The zero-order valence-corrected chi connectivity index (χ0v) is 74.0. The standard InChI is InChI=1S/C82H112FN23O29/c1-42(111)65-76(126)89-19-6-5-10-51(71(121)93-50(12-8-24-104(132)39-109)72(122)98-66(43(2)112)77(127)99-65)97-79(130)82(3,18-9-25-105(133)40-110)100-74(124)55(38-108)95-70(120)49(11-7-20-90-80(84)85)94-73(123)54(37-107)96-75(125)56-17-21-88-69-53(32-45-33-59(113)60(114)35-57(45)106(56)69)91-63(117)14-13-61(115)86-22-23-87-62(116)15-16-64(118)134-41-135-81(131)103-28-26-102(27-29-103)58-34-52-44(31-48(58)83)30-46-67(119)47(78(128)129)36-101(4)68(46)92-52/h30-36,39-40,42-43,49-51,54-56,65-66,107-108,111-112,132-133H,5-29,37-38,41H2,1-4H3,(H19,84,85,86,87,88,89,90,91,93,94,95,96,97,98,99,100,113,114,115,116,117,120,121,122,123,124,125,126,127,128,129,130)/p+1/t42?,43?,49-,50-,51-,54+,55+,56-,65-,66-,82-/m0/s1. The number of halogens is 1. The van der Waals surface area contributed by atoms with Crippen molar-refractivity contribution in [3.8, 4) is 11.5 Å². The van der Waals surface area contributed by atoms with E-state index in [2.05, 4.69) is 79.4 Å². The van der Waals surface area contributed by atoms with E-state index in [-0.39, 0.29) is 191 Å². The summed E-state index contributed by atoms with van der Waals surface area (Å²) in [6.45, 7) is -0.715. The second kappa shape index (κ2) is 49.8. The van der Waals surface area contributed by atoms with Gasteiger partial charge < -0.3 is 134 Å². The van der Waals surface area contributed by atoms with Gasteiger partial charge in [-0.1, -0.05) is 0 Å². The number of aromatic carboxylic acids is 1. The third-order valence-corrected chi connectivity index (χ3v) is 22.1. The quantitative estimate of drug-likeness (QED) is 0.00148. The van der Waals surface area contributed by atoms with Gasteiger partial charge in [0.05, 0.1) is 55.0 Å². The number of nitrogens with two attached hydrogens (primary N) is 1. The van der Waals surface area contributed by atoms with E-state index < -0.39 is 248 Å². The number of carboxylic acid groups (broad SMARTS) is 1. The number of nitrogens with zero attached hydrogens (tertiary/aromatic N) is 7. The lowest BCUT2D eigenvalue weighted by atomic mass is 9.92. The number of rotatable bonds is 42. The lowest BCUT2D eigenvalue weighted by molar-refractivity contribution is -0.674. The summed E-state index contributed by atoms with van der Waals surface area (Å²) in [5.41, 5.74) is 2.70. The SMILES string of the molecule is CC(O)[C@@H]1NC(=O)[C@H](CCCN(O)C=O)NC(=O)[C@@H](NC(=O)[C@](C)(CCCN(O)C=O)NC(=O)[C@@H](CO)NC(=O)[C@H](CCCNC(=N)N)NC(=O)[C@@H](CO)NC(=O)[C@@H]2CCNc3c(NC(=O)CCC(=O)NCCNC(=O)CCC(=O)OCOC(=O)N4CCN(c5cc6nc7c(cc6cc5F)c(=O)c(C(=O)O)cn7C)CC4)cc4cc(O)c(O)cc4[n+]32)CCCCNC(=O)[C@H](C(C)O)NC1=O. The van der Waals surface area contributed by atoms with Crippen molar-refractivity contribution in [2.75, 3.05) is 108 Å². The van der Waals surface area contributed by atoms with Crippen LogP contribution in [0.5, 0.6) is 11.5 Å². The summed E-state index contributed by atoms with van der Waals surface area (Å²) in [7, 11) is 1.52. The van der Waals surface area contributed by atoms with Gasteiger partial charge in [-0.05, 0) is 109 Å². The minimum absolute atomic E-state index is 0.00393. The second-order valence-electron chi connectivity index (χ2n) is 32.3. The number of esters is 1. The molecule has 736 valence electrons. The summed E-state index contributed by atoms with van der Waals surface area (Å²) in [6.07, 6.45) is -6.66. The Bertz CT molecular complexity index is 5310. The average molecular weight is 1900 g/mol. The molecule has 2 fully saturated rings. The maximum Gasteiger partial charge on any atom is 0.412 e. The van der Waals surface area contributed by atoms with Gasteiger partial charge in [0, 0.05) is 121 Å². The average Bonchev–Trinajstić information content (AvgIpc) is 0.759. The number of aliphatic hydroxyl groups is 4. The van der Waals surface area contributed by atoms with Crippen LogP contribution in [0.15, 0.2) is 47.4 Å². The number of ether oxygens (including phenoxy) is 2. The number of guanidine groups is 1. The molecule has 3 aliphatic rings. The number of carboxylic acids is 1. The molecule has 0 saturated carbocycles. The fraction of sp³-hybridized carbons (Fsp3) is 0.524. The number of anilines is 3. The molecule has 52 nitrogen and oxygen atoms in total. The molecule has 11 atom stereocenters. The van der Waals surface area contributed by atoms with E-state index in [1.54, 1.807) is 4.90 Å². The minimum atomic E-state index is -2.26. The number of carbonyl (C=O) groups is 17. The fourth-order valence-electron chi connectivity index (χ4n) is 14.8. The highest BCUT2D eigenvalue weighted by Crippen LogP contribution is 2.36. The van der Waals surface area contributed by atoms with E-state index in [1.165, 1.54) is 52.3 Å². The van der Waals surface area contributed by atoms with Crippen molar-refractivity contribution in [2.24, 2.45) is 12.8 Å². The number of nitrogens with one attached hydrogen (secondary N) is 15. The first-order valence-corrected chi connectivity index (χ1v) is 43.0. The van der Waals surface area contributed by atoms with Gasteiger partial charge in [0.15, 0.2) is 23.5 Å². The van der Waals surface area contributed by atoms with Gasteiger partial charge in [0.2, 0.25) is 90.0 Å². The molecule has 135 heavy (non-hydrogen) atoms. The van der Waals surface area contributed by atoms with Crippen LogP contribution in [0.25, 0.3) is 32.8 Å².